The summed E-state index contributed by atoms with van der Waals surface area (Å²) in [5.41, 5.74) is 7.71. The van der Waals surface area contributed by atoms with E-state index in [4.69, 9.17) is 0 Å². The molecule has 30 heavy (non-hydrogen) atoms. The minimum atomic E-state index is -0.0772. The van der Waals surface area contributed by atoms with Crippen LogP contribution < -0.4 is 5.32 Å². The van der Waals surface area contributed by atoms with Gasteiger partial charge in [-0.25, -0.2) is 0 Å². The number of aryl methyl sites for hydroxylation is 2. The van der Waals surface area contributed by atoms with Crippen LogP contribution in [0.5, 0.6) is 0 Å². The van der Waals surface area contributed by atoms with Gasteiger partial charge in [-0.2, -0.15) is 0 Å². The van der Waals surface area contributed by atoms with Crippen LogP contribution in [0.1, 0.15) is 65.6 Å². The van der Waals surface area contributed by atoms with Gasteiger partial charge in [0.2, 0.25) is 0 Å². The van der Waals surface area contributed by atoms with E-state index in [1.54, 1.807) is 0 Å². The van der Waals surface area contributed by atoms with Crippen LogP contribution in [-0.4, -0.2) is 5.91 Å². The summed E-state index contributed by atoms with van der Waals surface area (Å²) in [5, 5.41) is 2.99. The minimum Gasteiger partial charge on any atom is -0.322 e. The standard InChI is InChI=1S/C28H31NO/c1-19-4-7-22(8-5-19)23-9-11-24(12-10-23)25-13-15-26(16-14-25)28(30)29-27-17-6-20(2)21(3)18-27/h6,9-19,22H,4-5,7-8H2,1-3H3,(H,29,30). The van der Waals surface area contributed by atoms with Crippen LogP contribution in [0, 0.1) is 19.8 Å². The van der Waals surface area contributed by atoms with Gasteiger partial charge in [-0.15, -0.1) is 0 Å². The second kappa shape index (κ2) is 8.87. The first-order valence-electron chi connectivity index (χ1n) is 11.1. The lowest BCUT2D eigenvalue weighted by molar-refractivity contribution is 0.102. The van der Waals surface area contributed by atoms with E-state index < -0.39 is 0 Å². The van der Waals surface area contributed by atoms with Gasteiger partial charge in [-0.3, -0.25) is 4.79 Å². The molecule has 1 amide bonds. The number of hydrogen-bond donors (Lipinski definition) is 1. The molecule has 0 unspecified atom stereocenters. The summed E-state index contributed by atoms with van der Waals surface area (Å²) in [6.45, 7) is 6.49. The highest BCUT2D eigenvalue weighted by atomic mass is 16.1. The molecule has 0 aliphatic heterocycles. The second-order valence-electron chi connectivity index (χ2n) is 8.91. The Kier molecular flexibility index (Phi) is 6.03. The van der Waals surface area contributed by atoms with Crippen molar-refractivity contribution in [2.45, 2.75) is 52.4 Å². The largest absolute Gasteiger partial charge is 0.322 e. The van der Waals surface area contributed by atoms with E-state index >= 15 is 0 Å². The Morgan fingerprint density at radius 1 is 0.767 bits per heavy atom. The molecule has 4 rings (SSSR count). The zero-order valence-electron chi connectivity index (χ0n) is 18.2. The Balaban J connectivity index is 1.42. The van der Waals surface area contributed by atoms with E-state index in [1.807, 2.05) is 42.5 Å². The quantitative estimate of drug-likeness (QED) is 0.485. The Hall–Kier alpha value is -2.87. The number of hydrogen-bond acceptors (Lipinski definition) is 1. The molecule has 1 fully saturated rings. The zero-order valence-corrected chi connectivity index (χ0v) is 18.2. The summed E-state index contributed by atoms with van der Waals surface area (Å²) in [4.78, 5) is 12.6. The van der Waals surface area contributed by atoms with Crippen LogP contribution in [0.4, 0.5) is 5.69 Å². The van der Waals surface area contributed by atoms with Crippen molar-refractivity contribution in [1.82, 2.24) is 0 Å². The fraction of sp³-hybridized carbons (Fsp3) is 0.321. The fourth-order valence-corrected chi connectivity index (χ4v) is 4.38. The minimum absolute atomic E-state index is 0.0772. The van der Waals surface area contributed by atoms with Gasteiger partial charge in [-0.05, 0) is 90.6 Å². The first-order chi connectivity index (χ1) is 14.5. The summed E-state index contributed by atoms with van der Waals surface area (Å²) in [6, 6.07) is 22.9. The maximum Gasteiger partial charge on any atom is 0.255 e. The van der Waals surface area contributed by atoms with Gasteiger partial charge >= 0.3 is 0 Å². The average molecular weight is 398 g/mol. The van der Waals surface area contributed by atoms with Crippen molar-refractivity contribution < 1.29 is 4.79 Å². The maximum atomic E-state index is 12.6. The van der Waals surface area contributed by atoms with E-state index in [0.717, 1.165) is 17.2 Å². The third-order valence-electron chi connectivity index (χ3n) is 6.64. The number of anilines is 1. The Bertz CT molecular complexity index is 1010. The van der Waals surface area contributed by atoms with E-state index in [-0.39, 0.29) is 5.91 Å². The molecule has 0 bridgehead atoms. The number of amides is 1. The Labute approximate surface area is 180 Å². The highest BCUT2D eigenvalue weighted by Gasteiger charge is 2.19. The van der Waals surface area contributed by atoms with Gasteiger partial charge in [0.05, 0.1) is 0 Å². The first kappa shape index (κ1) is 20.4. The predicted molar refractivity (Wildman–Crippen MR) is 126 cm³/mol. The van der Waals surface area contributed by atoms with Gasteiger partial charge in [-0.1, -0.05) is 62.2 Å². The van der Waals surface area contributed by atoms with Gasteiger partial charge in [0, 0.05) is 11.3 Å². The maximum absolute atomic E-state index is 12.6. The molecule has 154 valence electrons. The summed E-state index contributed by atoms with van der Waals surface area (Å²) < 4.78 is 0. The molecular formula is C28H31NO. The summed E-state index contributed by atoms with van der Waals surface area (Å²) in [7, 11) is 0. The summed E-state index contributed by atoms with van der Waals surface area (Å²) >= 11 is 0. The monoisotopic (exact) mass is 397 g/mol. The molecule has 0 radical (unpaired) electrons. The summed E-state index contributed by atoms with van der Waals surface area (Å²) in [6.07, 6.45) is 5.31. The third-order valence-corrected chi connectivity index (χ3v) is 6.64. The number of nitrogens with one attached hydrogen (secondary N) is 1. The zero-order chi connectivity index (χ0) is 21.1. The smallest absolute Gasteiger partial charge is 0.255 e. The van der Waals surface area contributed by atoms with Crippen LogP contribution in [-0.2, 0) is 0 Å². The highest BCUT2D eigenvalue weighted by molar-refractivity contribution is 6.04. The molecule has 0 saturated heterocycles. The number of carbonyl (C=O) groups excluding carboxylic acids is 1. The molecule has 0 atom stereocenters. The predicted octanol–water partition coefficient (Wildman–Crippen LogP) is 7.52. The lowest BCUT2D eigenvalue weighted by Gasteiger charge is -2.26. The average Bonchev–Trinajstić information content (AvgIpc) is 2.77. The van der Waals surface area contributed by atoms with Crippen LogP contribution in [0.15, 0.2) is 66.7 Å². The van der Waals surface area contributed by atoms with E-state index in [0.29, 0.717) is 11.5 Å². The Morgan fingerprint density at radius 2 is 1.37 bits per heavy atom. The van der Waals surface area contributed by atoms with Crippen LogP contribution in [0.2, 0.25) is 0 Å². The van der Waals surface area contributed by atoms with E-state index in [2.05, 4.69) is 50.4 Å². The second-order valence-corrected chi connectivity index (χ2v) is 8.91. The van der Waals surface area contributed by atoms with Crippen LogP contribution in [0.3, 0.4) is 0 Å². The molecule has 0 aromatic heterocycles. The molecule has 1 aliphatic rings. The van der Waals surface area contributed by atoms with E-state index in [9.17, 15) is 4.79 Å². The highest BCUT2D eigenvalue weighted by Crippen LogP contribution is 2.36. The number of benzene rings is 3. The molecule has 2 nitrogen and oxygen atoms in total. The van der Waals surface area contributed by atoms with Gasteiger partial charge in [0.25, 0.3) is 5.91 Å². The van der Waals surface area contributed by atoms with Crippen molar-refractivity contribution in [2.24, 2.45) is 5.92 Å². The third kappa shape index (κ3) is 4.64. The van der Waals surface area contributed by atoms with Gasteiger partial charge in [0.1, 0.15) is 0 Å². The summed E-state index contributed by atoms with van der Waals surface area (Å²) in [5.74, 6) is 1.52. The van der Waals surface area contributed by atoms with Crippen molar-refractivity contribution in [1.29, 1.82) is 0 Å². The van der Waals surface area contributed by atoms with Gasteiger partial charge < -0.3 is 5.32 Å². The lowest BCUT2D eigenvalue weighted by atomic mass is 9.79. The molecule has 1 saturated carbocycles. The SMILES string of the molecule is Cc1ccc(NC(=O)c2ccc(-c3ccc(C4CCC(C)CC4)cc3)cc2)cc1C. The van der Waals surface area contributed by atoms with Crippen molar-refractivity contribution in [3.63, 3.8) is 0 Å². The Morgan fingerprint density at radius 3 is 1.97 bits per heavy atom. The molecule has 0 spiro atoms. The van der Waals surface area contributed by atoms with E-state index in [1.165, 1.54) is 47.9 Å². The van der Waals surface area contributed by atoms with Crippen molar-refractivity contribution in [2.75, 3.05) is 5.32 Å². The lowest BCUT2D eigenvalue weighted by Crippen LogP contribution is -2.11. The van der Waals surface area contributed by atoms with Crippen LogP contribution in [0.25, 0.3) is 11.1 Å². The molecule has 2 heteroatoms. The molecular weight excluding hydrogens is 366 g/mol. The number of carbonyl (C=O) groups is 1. The van der Waals surface area contributed by atoms with Crippen molar-refractivity contribution in [3.8, 4) is 11.1 Å². The van der Waals surface area contributed by atoms with Crippen molar-refractivity contribution >= 4 is 11.6 Å². The molecule has 0 heterocycles. The molecule has 1 N–H and O–H groups in total. The topological polar surface area (TPSA) is 29.1 Å². The van der Waals surface area contributed by atoms with Crippen molar-refractivity contribution in [3.05, 3.63) is 89.0 Å². The molecule has 3 aromatic carbocycles. The fourth-order valence-electron chi connectivity index (χ4n) is 4.38. The molecule has 3 aromatic rings. The van der Waals surface area contributed by atoms with Gasteiger partial charge in [0.15, 0.2) is 0 Å². The normalized spacial score (nSPS) is 18.8. The first-order valence-corrected chi connectivity index (χ1v) is 11.1. The number of rotatable bonds is 4. The van der Waals surface area contributed by atoms with Crippen LogP contribution >= 0.6 is 0 Å². The molecule has 1 aliphatic carbocycles.